The van der Waals surface area contributed by atoms with Gasteiger partial charge in [0.15, 0.2) is 11.5 Å². The first kappa shape index (κ1) is 16.8. The third-order valence-electron chi connectivity index (χ3n) is 2.54. The molecule has 0 saturated carbocycles. The highest BCUT2D eigenvalue weighted by Gasteiger charge is 2.19. The van der Waals surface area contributed by atoms with Gasteiger partial charge in [0, 0.05) is 6.42 Å². The molecule has 1 rings (SSSR count). The Morgan fingerprint density at radius 1 is 1.38 bits per heavy atom. The molecule has 0 aromatic heterocycles. The van der Waals surface area contributed by atoms with Gasteiger partial charge >= 0.3 is 6.09 Å². The van der Waals surface area contributed by atoms with Crippen LogP contribution in [0.4, 0.5) is 10.5 Å². The van der Waals surface area contributed by atoms with Crippen LogP contribution < -0.4 is 10.1 Å². The third kappa shape index (κ3) is 5.33. The summed E-state index contributed by atoms with van der Waals surface area (Å²) in [5.74, 6) is 0.0441. The normalized spacial score (nSPS) is 10.9. The van der Waals surface area contributed by atoms with E-state index in [-0.39, 0.29) is 17.2 Å². The number of aromatic hydroxyl groups is 1. The van der Waals surface area contributed by atoms with Gasteiger partial charge in [-0.25, -0.2) is 4.79 Å². The van der Waals surface area contributed by atoms with E-state index in [2.05, 4.69) is 5.32 Å². The summed E-state index contributed by atoms with van der Waals surface area (Å²) >= 11 is 0. The number of aldehydes is 1. The van der Waals surface area contributed by atoms with Gasteiger partial charge in [0.25, 0.3) is 0 Å². The van der Waals surface area contributed by atoms with Crippen LogP contribution in [0.25, 0.3) is 0 Å². The van der Waals surface area contributed by atoms with Crippen molar-refractivity contribution in [1.29, 1.82) is 0 Å². The molecule has 0 bridgehead atoms. The van der Waals surface area contributed by atoms with E-state index in [1.54, 1.807) is 32.9 Å². The average Bonchev–Trinajstić information content (AvgIpc) is 2.37. The summed E-state index contributed by atoms with van der Waals surface area (Å²) in [6.45, 7) is 5.23. The third-order valence-corrected chi connectivity index (χ3v) is 2.54. The topological polar surface area (TPSA) is 84.9 Å². The molecule has 1 amide bonds. The second-order valence-electron chi connectivity index (χ2n) is 5.53. The van der Waals surface area contributed by atoms with Gasteiger partial charge in [-0.05, 0) is 44.9 Å². The van der Waals surface area contributed by atoms with E-state index in [1.165, 1.54) is 7.11 Å². The molecule has 0 fully saturated rings. The zero-order valence-electron chi connectivity index (χ0n) is 12.7. The molecule has 0 aliphatic heterocycles. The highest BCUT2D eigenvalue weighted by molar-refractivity contribution is 5.88. The SMILES string of the molecule is COc1cc(CCC=O)cc(NC(=O)OC(C)(C)C)c1O. The number of hydrogen-bond acceptors (Lipinski definition) is 5. The number of amides is 1. The van der Waals surface area contributed by atoms with E-state index in [1.807, 2.05) is 0 Å². The Morgan fingerprint density at radius 2 is 2.05 bits per heavy atom. The number of phenolic OH excluding ortho intramolecular Hbond substituents is 1. The highest BCUT2D eigenvalue weighted by atomic mass is 16.6. The number of aryl methyl sites for hydroxylation is 1. The zero-order chi connectivity index (χ0) is 16.0. The lowest BCUT2D eigenvalue weighted by molar-refractivity contribution is -0.107. The van der Waals surface area contributed by atoms with Crippen molar-refractivity contribution in [3.05, 3.63) is 17.7 Å². The summed E-state index contributed by atoms with van der Waals surface area (Å²) < 4.78 is 10.2. The summed E-state index contributed by atoms with van der Waals surface area (Å²) in [6.07, 6.45) is 0.968. The fourth-order valence-electron chi connectivity index (χ4n) is 1.70. The number of carbonyl (C=O) groups excluding carboxylic acids is 2. The molecule has 6 heteroatoms. The van der Waals surface area contributed by atoms with Crippen LogP contribution in [0.2, 0.25) is 0 Å². The quantitative estimate of drug-likeness (QED) is 0.644. The average molecular weight is 295 g/mol. The number of phenols is 1. The number of methoxy groups -OCH3 is 1. The van der Waals surface area contributed by atoms with E-state index in [0.29, 0.717) is 12.8 Å². The van der Waals surface area contributed by atoms with Crippen molar-refractivity contribution in [3.63, 3.8) is 0 Å². The number of hydrogen-bond donors (Lipinski definition) is 2. The van der Waals surface area contributed by atoms with Crippen LogP contribution >= 0.6 is 0 Å². The minimum atomic E-state index is -0.674. The van der Waals surface area contributed by atoms with Crippen LogP contribution in [0.5, 0.6) is 11.5 Å². The van der Waals surface area contributed by atoms with E-state index in [9.17, 15) is 14.7 Å². The molecule has 6 nitrogen and oxygen atoms in total. The maximum atomic E-state index is 11.8. The summed E-state index contributed by atoms with van der Waals surface area (Å²) in [5, 5.41) is 12.5. The Kier molecular flexibility index (Phi) is 5.58. The van der Waals surface area contributed by atoms with Crippen molar-refractivity contribution >= 4 is 18.1 Å². The summed E-state index contributed by atoms with van der Waals surface area (Å²) in [4.78, 5) is 22.2. The highest BCUT2D eigenvalue weighted by Crippen LogP contribution is 2.36. The van der Waals surface area contributed by atoms with Gasteiger partial charge in [0.1, 0.15) is 11.9 Å². The number of carbonyl (C=O) groups is 2. The minimum absolute atomic E-state index is 0.182. The Bertz CT molecular complexity index is 520. The van der Waals surface area contributed by atoms with Crippen molar-refractivity contribution < 1.29 is 24.2 Å². The standard InChI is InChI=1S/C15H21NO5/c1-15(2,3)21-14(19)16-11-8-10(6-5-7-17)9-12(20-4)13(11)18/h7-9,18H,5-6H2,1-4H3,(H,16,19). The molecule has 0 aliphatic rings. The van der Waals surface area contributed by atoms with Gasteiger partial charge in [0.2, 0.25) is 0 Å². The lowest BCUT2D eigenvalue weighted by Crippen LogP contribution is -2.27. The molecule has 1 aromatic rings. The number of benzene rings is 1. The monoisotopic (exact) mass is 295 g/mol. The maximum Gasteiger partial charge on any atom is 0.412 e. The molecule has 0 saturated heterocycles. The molecule has 0 radical (unpaired) electrons. The van der Waals surface area contributed by atoms with Gasteiger partial charge in [-0.15, -0.1) is 0 Å². The summed E-state index contributed by atoms with van der Waals surface area (Å²) in [6, 6.07) is 3.21. The van der Waals surface area contributed by atoms with E-state index in [0.717, 1.165) is 11.8 Å². The molecule has 0 unspecified atom stereocenters. The second kappa shape index (κ2) is 6.97. The first-order valence-corrected chi connectivity index (χ1v) is 6.60. The first-order valence-electron chi connectivity index (χ1n) is 6.60. The van der Waals surface area contributed by atoms with Crippen molar-refractivity contribution in [2.75, 3.05) is 12.4 Å². The van der Waals surface area contributed by atoms with Crippen LogP contribution in [-0.4, -0.2) is 30.2 Å². The van der Waals surface area contributed by atoms with Crippen LogP contribution in [0.3, 0.4) is 0 Å². The van der Waals surface area contributed by atoms with Crippen LogP contribution in [0.1, 0.15) is 32.8 Å². The number of rotatable bonds is 5. The van der Waals surface area contributed by atoms with Crippen LogP contribution in [0, 0.1) is 0 Å². The predicted octanol–water partition coefficient (Wildman–Crippen LogP) is 2.88. The lowest BCUT2D eigenvalue weighted by atomic mass is 10.1. The van der Waals surface area contributed by atoms with E-state index in [4.69, 9.17) is 9.47 Å². The largest absolute Gasteiger partial charge is 0.503 e. The number of ether oxygens (including phenoxy) is 2. The molecular weight excluding hydrogens is 274 g/mol. The summed E-state index contributed by atoms with van der Waals surface area (Å²) in [5.41, 5.74) is 0.311. The van der Waals surface area contributed by atoms with Gasteiger partial charge in [-0.2, -0.15) is 0 Å². The fraction of sp³-hybridized carbons (Fsp3) is 0.467. The molecule has 2 N–H and O–H groups in total. The molecule has 0 spiro atoms. The Balaban J connectivity index is 2.98. The molecule has 0 heterocycles. The van der Waals surface area contributed by atoms with Crippen molar-refractivity contribution in [1.82, 2.24) is 0 Å². The van der Waals surface area contributed by atoms with Crippen LogP contribution in [-0.2, 0) is 16.0 Å². The maximum absolute atomic E-state index is 11.8. The predicted molar refractivity (Wildman–Crippen MR) is 78.9 cm³/mol. The first-order chi connectivity index (χ1) is 9.76. The lowest BCUT2D eigenvalue weighted by Gasteiger charge is -2.20. The van der Waals surface area contributed by atoms with Gasteiger partial charge in [-0.1, -0.05) is 0 Å². The second-order valence-corrected chi connectivity index (χ2v) is 5.53. The van der Waals surface area contributed by atoms with Gasteiger partial charge in [0.05, 0.1) is 12.8 Å². The molecule has 116 valence electrons. The molecule has 0 aliphatic carbocycles. The fourth-order valence-corrected chi connectivity index (χ4v) is 1.70. The minimum Gasteiger partial charge on any atom is -0.503 e. The molecule has 21 heavy (non-hydrogen) atoms. The zero-order valence-corrected chi connectivity index (χ0v) is 12.7. The van der Waals surface area contributed by atoms with Gasteiger partial charge in [-0.3, -0.25) is 5.32 Å². The summed E-state index contributed by atoms with van der Waals surface area (Å²) in [7, 11) is 1.41. The van der Waals surface area contributed by atoms with E-state index >= 15 is 0 Å². The Morgan fingerprint density at radius 3 is 2.57 bits per heavy atom. The molecule has 0 atom stereocenters. The van der Waals surface area contributed by atoms with Gasteiger partial charge < -0.3 is 19.4 Å². The van der Waals surface area contributed by atoms with E-state index < -0.39 is 11.7 Å². The number of anilines is 1. The number of nitrogens with one attached hydrogen (secondary N) is 1. The van der Waals surface area contributed by atoms with Crippen molar-refractivity contribution in [2.24, 2.45) is 0 Å². The smallest absolute Gasteiger partial charge is 0.412 e. The van der Waals surface area contributed by atoms with Crippen molar-refractivity contribution in [3.8, 4) is 11.5 Å². The Hall–Kier alpha value is -2.24. The molecular formula is C15H21NO5. The molecule has 1 aromatic carbocycles. The Labute approximate surface area is 124 Å². The van der Waals surface area contributed by atoms with Crippen LogP contribution in [0.15, 0.2) is 12.1 Å². The van der Waals surface area contributed by atoms with Crippen molar-refractivity contribution in [2.45, 2.75) is 39.2 Å².